The molecule has 0 saturated heterocycles. The molecule has 0 amide bonds. The highest BCUT2D eigenvalue weighted by Gasteiger charge is 2.28. The van der Waals surface area contributed by atoms with E-state index in [0.29, 0.717) is 5.56 Å². The number of nitrogens with zero attached hydrogens (tertiary/aromatic N) is 1. The normalized spacial score (nSPS) is 12.2. The minimum Gasteiger partial charge on any atom is -0.411 e. The van der Waals surface area contributed by atoms with Crippen LogP contribution in [0.3, 0.4) is 0 Å². The Balaban J connectivity index is 2.74. The Morgan fingerprint density at radius 3 is 2.21 bits per heavy atom. The van der Waals surface area contributed by atoms with Crippen LogP contribution in [0.25, 0.3) is 0 Å². The van der Waals surface area contributed by atoms with Gasteiger partial charge in [-0.2, -0.15) is 13.2 Å². The zero-order valence-electron chi connectivity index (χ0n) is 6.82. The van der Waals surface area contributed by atoms with Crippen LogP contribution in [0.5, 0.6) is 0 Å². The van der Waals surface area contributed by atoms with Crippen molar-refractivity contribution in [1.29, 1.82) is 0 Å². The van der Waals surface area contributed by atoms with Crippen molar-refractivity contribution in [3.05, 3.63) is 29.8 Å². The number of halogens is 3. The summed E-state index contributed by atoms with van der Waals surface area (Å²) in [6, 6.07) is 5.51. The molecule has 14 heavy (non-hydrogen) atoms. The summed E-state index contributed by atoms with van der Waals surface area (Å²) >= 11 is -0.179. The van der Waals surface area contributed by atoms with E-state index < -0.39 is 5.51 Å². The molecule has 0 aliphatic heterocycles. The lowest BCUT2D eigenvalue weighted by atomic mass is 10.2. The summed E-state index contributed by atoms with van der Waals surface area (Å²) < 4.78 is 35.7. The van der Waals surface area contributed by atoms with E-state index in [1.807, 2.05) is 0 Å². The minimum atomic E-state index is -4.27. The molecule has 2 nitrogen and oxygen atoms in total. The topological polar surface area (TPSA) is 32.6 Å². The van der Waals surface area contributed by atoms with E-state index in [1.54, 1.807) is 0 Å². The van der Waals surface area contributed by atoms with Crippen LogP contribution in [0.1, 0.15) is 5.56 Å². The first kappa shape index (κ1) is 10.9. The van der Waals surface area contributed by atoms with Crippen LogP contribution in [0.4, 0.5) is 13.2 Å². The largest absolute Gasteiger partial charge is 0.446 e. The van der Waals surface area contributed by atoms with E-state index in [1.165, 1.54) is 24.3 Å². The molecule has 0 spiro atoms. The molecule has 0 fully saturated rings. The molecular weight excluding hydrogens is 215 g/mol. The van der Waals surface area contributed by atoms with Gasteiger partial charge in [0, 0.05) is 4.90 Å². The lowest BCUT2D eigenvalue weighted by molar-refractivity contribution is -0.0328. The molecule has 0 radical (unpaired) electrons. The van der Waals surface area contributed by atoms with Gasteiger partial charge in [-0.3, -0.25) is 0 Å². The predicted molar refractivity (Wildman–Crippen MR) is 47.7 cm³/mol. The number of hydrogen-bond donors (Lipinski definition) is 1. The first-order valence-corrected chi connectivity index (χ1v) is 4.36. The number of thioether (sulfide) groups is 1. The number of benzene rings is 1. The Hall–Kier alpha value is -1.17. The van der Waals surface area contributed by atoms with Gasteiger partial charge >= 0.3 is 5.51 Å². The van der Waals surface area contributed by atoms with Crippen molar-refractivity contribution in [2.45, 2.75) is 10.4 Å². The summed E-state index contributed by atoms with van der Waals surface area (Å²) in [6.07, 6.45) is 1.14. The molecular formula is C8H6F3NOS. The van der Waals surface area contributed by atoms with Crippen LogP contribution < -0.4 is 0 Å². The summed E-state index contributed by atoms with van der Waals surface area (Å²) in [4.78, 5) is 0.104. The molecule has 0 unspecified atom stereocenters. The maximum atomic E-state index is 11.9. The van der Waals surface area contributed by atoms with Crippen molar-refractivity contribution in [3.63, 3.8) is 0 Å². The quantitative estimate of drug-likeness (QED) is 0.360. The van der Waals surface area contributed by atoms with Gasteiger partial charge in [0.15, 0.2) is 0 Å². The average molecular weight is 221 g/mol. The summed E-state index contributed by atoms with van der Waals surface area (Å²) in [7, 11) is 0. The Kier molecular flexibility index (Phi) is 3.40. The molecule has 1 N–H and O–H groups in total. The zero-order chi connectivity index (χ0) is 10.6. The first-order chi connectivity index (χ1) is 6.51. The minimum absolute atomic E-state index is 0.104. The van der Waals surface area contributed by atoms with Crippen LogP contribution in [-0.4, -0.2) is 16.9 Å². The summed E-state index contributed by atoms with van der Waals surface area (Å²) in [5, 5.41) is 10.9. The molecule has 0 heterocycles. The van der Waals surface area contributed by atoms with Gasteiger partial charge in [0.05, 0.1) is 6.21 Å². The Morgan fingerprint density at radius 1 is 1.21 bits per heavy atom. The monoisotopic (exact) mass is 221 g/mol. The molecule has 0 aliphatic carbocycles. The van der Waals surface area contributed by atoms with Crippen molar-refractivity contribution >= 4 is 18.0 Å². The van der Waals surface area contributed by atoms with Crippen LogP contribution >= 0.6 is 11.8 Å². The first-order valence-electron chi connectivity index (χ1n) is 3.54. The molecule has 0 saturated carbocycles. The fraction of sp³-hybridized carbons (Fsp3) is 0.125. The molecule has 0 bridgehead atoms. The van der Waals surface area contributed by atoms with Gasteiger partial charge in [-0.05, 0) is 29.5 Å². The highest BCUT2D eigenvalue weighted by atomic mass is 32.2. The molecule has 0 aromatic heterocycles. The third kappa shape index (κ3) is 3.69. The van der Waals surface area contributed by atoms with E-state index in [-0.39, 0.29) is 16.7 Å². The summed E-state index contributed by atoms with van der Waals surface area (Å²) in [6.45, 7) is 0. The van der Waals surface area contributed by atoms with Crippen molar-refractivity contribution < 1.29 is 18.4 Å². The standard InChI is InChI=1S/C8H6F3NOS/c9-8(10,11)14-7-3-1-6(2-4-7)5-12-13/h1-5,13H. The highest BCUT2D eigenvalue weighted by Crippen LogP contribution is 2.36. The van der Waals surface area contributed by atoms with Crippen LogP contribution in [-0.2, 0) is 0 Å². The highest BCUT2D eigenvalue weighted by molar-refractivity contribution is 8.00. The van der Waals surface area contributed by atoms with Gasteiger partial charge in [0.2, 0.25) is 0 Å². The van der Waals surface area contributed by atoms with E-state index in [2.05, 4.69) is 5.16 Å². The van der Waals surface area contributed by atoms with Gasteiger partial charge in [0.25, 0.3) is 0 Å². The fourth-order valence-corrected chi connectivity index (χ4v) is 1.36. The van der Waals surface area contributed by atoms with E-state index in [0.717, 1.165) is 6.21 Å². The third-order valence-corrected chi connectivity index (χ3v) is 2.06. The maximum Gasteiger partial charge on any atom is 0.446 e. The molecule has 1 rings (SSSR count). The smallest absolute Gasteiger partial charge is 0.411 e. The van der Waals surface area contributed by atoms with Crippen molar-refractivity contribution in [1.82, 2.24) is 0 Å². The second-order valence-corrected chi connectivity index (χ2v) is 3.50. The van der Waals surface area contributed by atoms with Crippen molar-refractivity contribution in [2.24, 2.45) is 5.16 Å². The van der Waals surface area contributed by atoms with Crippen LogP contribution in [0.2, 0.25) is 0 Å². The lowest BCUT2D eigenvalue weighted by Crippen LogP contribution is -1.98. The van der Waals surface area contributed by atoms with Crippen molar-refractivity contribution in [2.75, 3.05) is 0 Å². The second-order valence-electron chi connectivity index (χ2n) is 2.36. The Bertz CT molecular complexity index is 320. The van der Waals surface area contributed by atoms with E-state index in [9.17, 15) is 13.2 Å². The molecule has 0 atom stereocenters. The molecule has 0 aliphatic rings. The number of oxime groups is 1. The fourth-order valence-electron chi connectivity index (χ4n) is 0.822. The number of hydrogen-bond acceptors (Lipinski definition) is 3. The molecule has 76 valence electrons. The number of alkyl halides is 3. The maximum absolute atomic E-state index is 11.9. The van der Waals surface area contributed by atoms with Crippen LogP contribution in [0, 0.1) is 0 Å². The molecule has 1 aromatic carbocycles. The second kappa shape index (κ2) is 4.36. The van der Waals surface area contributed by atoms with Gasteiger partial charge in [0.1, 0.15) is 0 Å². The number of rotatable bonds is 2. The van der Waals surface area contributed by atoms with Crippen molar-refractivity contribution in [3.8, 4) is 0 Å². The van der Waals surface area contributed by atoms with E-state index >= 15 is 0 Å². The Labute approximate surface area is 82.4 Å². The SMILES string of the molecule is ON=Cc1ccc(SC(F)(F)F)cc1. The van der Waals surface area contributed by atoms with E-state index in [4.69, 9.17) is 5.21 Å². The summed E-state index contributed by atoms with van der Waals surface area (Å²) in [5.74, 6) is 0. The molecule has 6 heteroatoms. The van der Waals surface area contributed by atoms with Gasteiger partial charge < -0.3 is 5.21 Å². The van der Waals surface area contributed by atoms with Gasteiger partial charge in [-0.15, -0.1) is 0 Å². The Morgan fingerprint density at radius 2 is 1.79 bits per heavy atom. The van der Waals surface area contributed by atoms with Gasteiger partial charge in [-0.1, -0.05) is 17.3 Å². The zero-order valence-corrected chi connectivity index (χ0v) is 7.64. The summed E-state index contributed by atoms with van der Waals surface area (Å²) in [5.41, 5.74) is -3.73. The molecule has 1 aromatic rings. The predicted octanol–water partition coefficient (Wildman–Crippen LogP) is 3.11. The lowest BCUT2D eigenvalue weighted by Gasteiger charge is -2.04. The average Bonchev–Trinajstić information content (AvgIpc) is 2.06. The van der Waals surface area contributed by atoms with Gasteiger partial charge in [-0.25, -0.2) is 0 Å². The van der Waals surface area contributed by atoms with Crippen LogP contribution in [0.15, 0.2) is 34.3 Å². The third-order valence-electron chi connectivity index (χ3n) is 1.32.